The van der Waals surface area contributed by atoms with E-state index in [1.807, 2.05) is 6.07 Å². The van der Waals surface area contributed by atoms with Crippen molar-refractivity contribution in [1.29, 1.82) is 5.26 Å². The minimum atomic E-state index is -0.688. The standard InChI is InChI=1S/C20H22N2O3S/c1-12-7-8-16-17(11-21)20(26-18(16)9-12)22-19(23)13(2)25-15-6-4-5-14(10-15)24-3/h4-6,10,12-13H,7-9H2,1-3H3,(H,22,23). The van der Waals surface area contributed by atoms with Crippen LogP contribution in [-0.2, 0) is 17.6 Å². The average Bonchev–Trinajstić information content (AvgIpc) is 2.97. The van der Waals surface area contributed by atoms with Gasteiger partial charge in [-0.2, -0.15) is 5.26 Å². The maximum atomic E-state index is 12.5. The number of amides is 1. The molecule has 0 fully saturated rings. The van der Waals surface area contributed by atoms with Crippen molar-refractivity contribution in [3.05, 3.63) is 40.3 Å². The molecule has 0 spiro atoms. The SMILES string of the molecule is COc1cccc(OC(C)C(=O)Nc2sc3c(c2C#N)CCC(C)C3)c1. The first kappa shape index (κ1) is 18.3. The molecule has 0 bridgehead atoms. The fraction of sp³-hybridized carbons (Fsp3) is 0.400. The Morgan fingerprint density at radius 2 is 2.19 bits per heavy atom. The second-order valence-corrected chi connectivity index (χ2v) is 7.70. The van der Waals surface area contributed by atoms with Gasteiger partial charge in [0.2, 0.25) is 0 Å². The second kappa shape index (κ2) is 7.79. The van der Waals surface area contributed by atoms with Crippen LogP contribution in [0.2, 0.25) is 0 Å². The number of hydrogen-bond acceptors (Lipinski definition) is 5. The summed E-state index contributed by atoms with van der Waals surface area (Å²) in [5.74, 6) is 1.58. The van der Waals surface area contributed by atoms with E-state index in [9.17, 15) is 10.1 Å². The summed E-state index contributed by atoms with van der Waals surface area (Å²) >= 11 is 1.52. The summed E-state index contributed by atoms with van der Waals surface area (Å²) in [6.45, 7) is 3.91. The Labute approximate surface area is 157 Å². The molecule has 1 aliphatic rings. The Kier molecular flexibility index (Phi) is 5.48. The fourth-order valence-electron chi connectivity index (χ4n) is 3.10. The lowest BCUT2D eigenvalue weighted by atomic mass is 9.88. The van der Waals surface area contributed by atoms with E-state index in [0.29, 0.717) is 28.0 Å². The molecular weight excluding hydrogens is 348 g/mol. The zero-order chi connectivity index (χ0) is 18.7. The van der Waals surface area contributed by atoms with E-state index in [1.54, 1.807) is 32.2 Å². The smallest absolute Gasteiger partial charge is 0.265 e. The number of carbonyl (C=O) groups excluding carboxylic acids is 1. The summed E-state index contributed by atoms with van der Waals surface area (Å²) in [7, 11) is 1.58. The number of methoxy groups -OCH3 is 1. The predicted molar refractivity (Wildman–Crippen MR) is 102 cm³/mol. The monoisotopic (exact) mass is 370 g/mol. The third-order valence-corrected chi connectivity index (χ3v) is 5.75. The minimum Gasteiger partial charge on any atom is -0.497 e. The molecule has 2 atom stereocenters. The Balaban J connectivity index is 1.72. The number of nitrogens with one attached hydrogen (secondary N) is 1. The van der Waals surface area contributed by atoms with Gasteiger partial charge in [-0.05, 0) is 49.8 Å². The summed E-state index contributed by atoms with van der Waals surface area (Å²) in [4.78, 5) is 13.8. The van der Waals surface area contributed by atoms with Crippen molar-refractivity contribution >= 4 is 22.2 Å². The fourth-order valence-corrected chi connectivity index (χ4v) is 4.47. The molecule has 1 N–H and O–H groups in total. The van der Waals surface area contributed by atoms with Crippen LogP contribution in [0.3, 0.4) is 0 Å². The largest absolute Gasteiger partial charge is 0.497 e. The number of carbonyl (C=O) groups is 1. The van der Waals surface area contributed by atoms with Gasteiger partial charge in [-0.15, -0.1) is 11.3 Å². The summed E-state index contributed by atoms with van der Waals surface area (Å²) in [5.41, 5.74) is 1.71. The molecule has 1 aliphatic carbocycles. The maximum Gasteiger partial charge on any atom is 0.265 e. The van der Waals surface area contributed by atoms with Crippen LogP contribution in [0, 0.1) is 17.2 Å². The van der Waals surface area contributed by atoms with Crippen LogP contribution in [0.15, 0.2) is 24.3 Å². The number of anilines is 1. The van der Waals surface area contributed by atoms with Crippen molar-refractivity contribution in [1.82, 2.24) is 0 Å². The lowest BCUT2D eigenvalue weighted by Gasteiger charge is -2.17. The molecule has 2 aromatic rings. The van der Waals surface area contributed by atoms with Crippen molar-refractivity contribution < 1.29 is 14.3 Å². The summed E-state index contributed by atoms with van der Waals surface area (Å²) in [5, 5.41) is 13.1. The van der Waals surface area contributed by atoms with Gasteiger partial charge in [0.15, 0.2) is 6.10 Å². The zero-order valence-corrected chi connectivity index (χ0v) is 16.0. The third-order valence-electron chi connectivity index (χ3n) is 4.58. The molecule has 0 aliphatic heterocycles. The van der Waals surface area contributed by atoms with Crippen LogP contribution < -0.4 is 14.8 Å². The molecule has 2 unspecified atom stereocenters. The maximum absolute atomic E-state index is 12.5. The van der Waals surface area contributed by atoms with Crippen LogP contribution >= 0.6 is 11.3 Å². The highest BCUT2D eigenvalue weighted by Crippen LogP contribution is 2.39. The van der Waals surface area contributed by atoms with Gasteiger partial charge < -0.3 is 14.8 Å². The Bertz CT molecular complexity index is 853. The first-order valence-corrected chi connectivity index (χ1v) is 9.49. The molecule has 0 saturated carbocycles. The predicted octanol–water partition coefficient (Wildman–Crippen LogP) is 4.16. The molecule has 0 saturated heterocycles. The van der Waals surface area contributed by atoms with E-state index in [0.717, 1.165) is 24.8 Å². The van der Waals surface area contributed by atoms with Crippen molar-refractivity contribution in [2.24, 2.45) is 5.92 Å². The number of benzene rings is 1. The molecule has 0 radical (unpaired) electrons. The number of rotatable bonds is 5. The Morgan fingerprint density at radius 1 is 1.42 bits per heavy atom. The molecule has 5 nitrogen and oxygen atoms in total. The molecule has 26 heavy (non-hydrogen) atoms. The number of nitriles is 1. The van der Waals surface area contributed by atoms with E-state index < -0.39 is 6.10 Å². The Morgan fingerprint density at radius 3 is 2.92 bits per heavy atom. The van der Waals surface area contributed by atoms with E-state index in [1.165, 1.54) is 16.2 Å². The average molecular weight is 370 g/mol. The number of hydrogen-bond donors (Lipinski definition) is 1. The molecule has 1 aromatic carbocycles. The molecule has 1 heterocycles. The third kappa shape index (κ3) is 3.83. The number of ether oxygens (including phenoxy) is 2. The van der Waals surface area contributed by atoms with Crippen molar-refractivity contribution in [3.63, 3.8) is 0 Å². The van der Waals surface area contributed by atoms with Gasteiger partial charge in [0.05, 0.1) is 12.7 Å². The molecular formula is C20H22N2O3S. The van der Waals surface area contributed by atoms with Crippen LogP contribution in [-0.4, -0.2) is 19.1 Å². The van der Waals surface area contributed by atoms with Crippen LogP contribution in [0.1, 0.15) is 36.3 Å². The highest BCUT2D eigenvalue weighted by Gasteiger charge is 2.26. The van der Waals surface area contributed by atoms with E-state index in [4.69, 9.17) is 9.47 Å². The van der Waals surface area contributed by atoms with Gasteiger partial charge in [-0.3, -0.25) is 4.79 Å². The molecule has 1 aromatic heterocycles. The van der Waals surface area contributed by atoms with Crippen molar-refractivity contribution in [2.75, 3.05) is 12.4 Å². The topological polar surface area (TPSA) is 71.3 Å². The van der Waals surface area contributed by atoms with Crippen LogP contribution in [0.25, 0.3) is 0 Å². The number of fused-ring (bicyclic) bond motifs is 1. The van der Waals surface area contributed by atoms with Gasteiger partial charge in [-0.1, -0.05) is 13.0 Å². The first-order valence-electron chi connectivity index (χ1n) is 8.68. The van der Waals surface area contributed by atoms with E-state index >= 15 is 0 Å². The van der Waals surface area contributed by atoms with Gasteiger partial charge >= 0.3 is 0 Å². The molecule has 136 valence electrons. The summed E-state index contributed by atoms with van der Waals surface area (Å²) < 4.78 is 10.9. The van der Waals surface area contributed by atoms with E-state index in [2.05, 4.69) is 18.3 Å². The summed E-state index contributed by atoms with van der Waals surface area (Å²) in [6, 6.07) is 9.39. The molecule has 3 rings (SSSR count). The van der Waals surface area contributed by atoms with Gasteiger partial charge in [0, 0.05) is 10.9 Å². The highest BCUT2D eigenvalue weighted by atomic mass is 32.1. The van der Waals surface area contributed by atoms with E-state index in [-0.39, 0.29) is 5.91 Å². The van der Waals surface area contributed by atoms with Gasteiger partial charge in [0.1, 0.15) is 22.6 Å². The van der Waals surface area contributed by atoms with Crippen LogP contribution in [0.4, 0.5) is 5.00 Å². The lowest BCUT2D eigenvalue weighted by molar-refractivity contribution is -0.122. The first-order chi connectivity index (χ1) is 12.5. The van der Waals surface area contributed by atoms with Crippen LogP contribution in [0.5, 0.6) is 11.5 Å². The van der Waals surface area contributed by atoms with Crippen molar-refractivity contribution in [2.45, 2.75) is 39.2 Å². The number of thiophene rings is 1. The minimum absolute atomic E-state index is 0.268. The lowest BCUT2D eigenvalue weighted by Crippen LogP contribution is -2.30. The summed E-state index contributed by atoms with van der Waals surface area (Å²) in [6.07, 6.45) is 2.27. The quantitative estimate of drug-likeness (QED) is 0.858. The van der Waals surface area contributed by atoms with Gasteiger partial charge in [0.25, 0.3) is 5.91 Å². The molecule has 6 heteroatoms. The second-order valence-electron chi connectivity index (χ2n) is 6.60. The normalized spacial score (nSPS) is 16.9. The van der Waals surface area contributed by atoms with Crippen molar-refractivity contribution in [3.8, 4) is 17.6 Å². The zero-order valence-electron chi connectivity index (χ0n) is 15.2. The number of nitrogens with zero attached hydrogens (tertiary/aromatic N) is 1. The highest BCUT2D eigenvalue weighted by molar-refractivity contribution is 7.16. The Hall–Kier alpha value is -2.52. The van der Waals surface area contributed by atoms with Gasteiger partial charge in [-0.25, -0.2) is 0 Å². The molecule has 1 amide bonds.